The zero-order chi connectivity index (χ0) is 27.4. The number of amides is 1. The first kappa shape index (κ1) is 25.9. The molecule has 1 amide bonds. The van der Waals surface area contributed by atoms with Crippen molar-refractivity contribution in [2.24, 2.45) is 7.05 Å². The molecule has 5 rings (SSSR count). The van der Waals surface area contributed by atoms with Gasteiger partial charge in [-0.25, -0.2) is 18.2 Å². The van der Waals surface area contributed by atoms with E-state index in [0.29, 0.717) is 18.5 Å². The number of aromatic nitrogens is 3. The summed E-state index contributed by atoms with van der Waals surface area (Å²) in [7, 11) is -2.92. The number of fused-ring (bicyclic) bond motifs is 1. The number of pyridine rings is 1. The quantitative estimate of drug-likeness (QED) is 0.476. The van der Waals surface area contributed by atoms with Crippen LogP contribution in [-0.2, 0) is 22.1 Å². The molecule has 11 nitrogen and oxygen atoms in total. The molecule has 15 heteroatoms. The van der Waals surface area contributed by atoms with Crippen LogP contribution in [0.3, 0.4) is 0 Å². The maximum Gasteiger partial charge on any atom is 0.301 e. The Hall–Kier alpha value is -3.72. The number of hydrogen-bond acceptors (Lipinski definition) is 7. The lowest BCUT2D eigenvalue weighted by molar-refractivity contribution is -0.132. The van der Waals surface area contributed by atoms with Gasteiger partial charge < -0.3 is 10.2 Å². The lowest BCUT2D eigenvalue weighted by atomic mass is 10.0. The molecule has 0 bridgehead atoms. The van der Waals surface area contributed by atoms with Crippen molar-refractivity contribution >= 4 is 38.8 Å². The third kappa shape index (κ3) is 4.67. The first-order chi connectivity index (χ1) is 17.9. The van der Waals surface area contributed by atoms with Crippen molar-refractivity contribution in [3.63, 3.8) is 0 Å². The Labute approximate surface area is 215 Å². The van der Waals surface area contributed by atoms with Crippen LogP contribution < -0.4 is 15.6 Å². The van der Waals surface area contributed by atoms with E-state index >= 15 is 4.39 Å². The van der Waals surface area contributed by atoms with E-state index in [1.54, 1.807) is 4.90 Å². The van der Waals surface area contributed by atoms with Gasteiger partial charge in [0, 0.05) is 51.7 Å². The maximum absolute atomic E-state index is 15.5. The summed E-state index contributed by atoms with van der Waals surface area (Å²) < 4.78 is 73.0. The van der Waals surface area contributed by atoms with Gasteiger partial charge in [0.15, 0.2) is 5.82 Å². The Morgan fingerprint density at radius 1 is 1.18 bits per heavy atom. The summed E-state index contributed by atoms with van der Waals surface area (Å²) in [6, 6.07) is 2.91. The van der Waals surface area contributed by atoms with Gasteiger partial charge in [0.1, 0.15) is 17.6 Å². The van der Waals surface area contributed by atoms with Gasteiger partial charge in [0.05, 0.1) is 22.9 Å². The van der Waals surface area contributed by atoms with Gasteiger partial charge in [-0.3, -0.25) is 18.9 Å². The normalized spacial score (nSPS) is 18.6. The first-order valence-electron chi connectivity index (χ1n) is 11.7. The Bertz CT molecular complexity index is 1610. The molecule has 0 radical (unpaired) electrons. The molecule has 1 atom stereocenters. The molecule has 2 aromatic heterocycles. The minimum Gasteiger partial charge on any atom is -0.348 e. The lowest BCUT2D eigenvalue weighted by Gasteiger charge is -2.38. The highest BCUT2D eigenvalue weighted by atomic mass is 32.2. The molecule has 1 aromatic carbocycles. The van der Waals surface area contributed by atoms with E-state index in [-0.39, 0.29) is 48.6 Å². The number of benzene rings is 1. The average Bonchev–Trinajstić information content (AvgIpc) is 3.28. The SMILES string of the molecule is CC(=O)N1CC(Nc2ncc3cc(-c4c(F)ccc(NS(=O)(=O)N5CC[C@@H](F)C5)c4F)c(=O)n(C)c3n2)C1. The van der Waals surface area contributed by atoms with E-state index in [0.717, 1.165) is 21.0 Å². The highest BCUT2D eigenvalue weighted by Gasteiger charge is 2.33. The molecule has 0 spiro atoms. The van der Waals surface area contributed by atoms with E-state index in [9.17, 15) is 26.8 Å². The standard InChI is InChI=1S/C23H24F3N7O4S/c1-12(34)32-10-15(11-32)28-23-27-8-13-7-16(22(35)31(2)21(13)29-23)19-17(25)3-4-18(20(19)26)30-38(36,37)33-6-5-14(24)9-33/h3-4,7-8,14-15,30H,5-6,9-11H2,1-2H3,(H,27,28,29)/t14-/m1/s1. The van der Waals surface area contributed by atoms with E-state index in [2.05, 4.69) is 15.3 Å². The predicted octanol–water partition coefficient (Wildman–Crippen LogP) is 1.62. The highest BCUT2D eigenvalue weighted by molar-refractivity contribution is 7.90. The summed E-state index contributed by atoms with van der Waals surface area (Å²) in [5, 5.41) is 3.39. The summed E-state index contributed by atoms with van der Waals surface area (Å²) in [5.41, 5.74) is -2.24. The Morgan fingerprint density at radius 2 is 1.92 bits per heavy atom. The number of carbonyl (C=O) groups excluding carboxylic acids is 1. The van der Waals surface area contributed by atoms with Crippen molar-refractivity contribution in [1.82, 2.24) is 23.7 Å². The molecule has 38 heavy (non-hydrogen) atoms. The molecule has 2 N–H and O–H groups in total. The fraction of sp³-hybridized carbons (Fsp3) is 0.391. The van der Waals surface area contributed by atoms with E-state index in [1.165, 1.54) is 26.2 Å². The molecule has 2 aliphatic heterocycles. The van der Waals surface area contributed by atoms with E-state index < -0.39 is 44.8 Å². The molecule has 2 saturated heterocycles. The smallest absolute Gasteiger partial charge is 0.301 e. The fourth-order valence-corrected chi connectivity index (χ4v) is 5.76. The summed E-state index contributed by atoms with van der Waals surface area (Å²) in [4.78, 5) is 34.7. The van der Waals surface area contributed by atoms with Crippen LogP contribution in [0.2, 0.25) is 0 Å². The van der Waals surface area contributed by atoms with Gasteiger partial charge in [0.2, 0.25) is 11.9 Å². The number of hydrogen-bond donors (Lipinski definition) is 2. The monoisotopic (exact) mass is 551 g/mol. The molecule has 3 aromatic rings. The topological polar surface area (TPSA) is 130 Å². The summed E-state index contributed by atoms with van der Waals surface area (Å²) in [6.07, 6.45) is 0.0721. The second-order valence-corrected chi connectivity index (χ2v) is 11.0. The van der Waals surface area contributed by atoms with E-state index in [1.807, 2.05) is 4.72 Å². The molecule has 2 fully saturated rings. The van der Waals surface area contributed by atoms with Gasteiger partial charge in [0.25, 0.3) is 5.56 Å². The number of aryl methyl sites for hydroxylation is 1. The van der Waals surface area contributed by atoms with Crippen LogP contribution in [0.4, 0.5) is 24.8 Å². The minimum absolute atomic E-state index is 0.0159. The van der Waals surface area contributed by atoms with Crippen LogP contribution in [0, 0.1) is 11.6 Å². The molecule has 4 heterocycles. The minimum atomic E-state index is -4.30. The fourth-order valence-electron chi connectivity index (χ4n) is 4.49. The van der Waals surface area contributed by atoms with Gasteiger partial charge in [-0.15, -0.1) is 0 Å². The highest BCUT2D eigenvalue weighted by Crippen LogP contribution is 2.31. The predicted molar refractivity (Wildman–Crippen MR) is 133 cm³/mol. The molecular formula is C23H24F3N7O4S. The number of anilines is 2. The van der Waals surface area contributed by atoms with Crippen LogP contribution in [-0.4, -0.2) is 76.5 Å². The Kier molecular flexibility index (Phi) is 6.51. The molecule has 2 aliphatic rings. The number of nitrogens with zero attached hydrogens (tertiary/aromatic N) is 5. The van der Waals surface area contributed by atoms with Crippen molar-refractivity contribution in [3.8, 4) is 11.1 Å². The molecule has 0 aliphatic carbocycles. The van der Waals surface area contributed by atoms with Gasteiger partial charge in [-0.05, 0) is 24.6 Å². The summed E-state index contributed by atoms with van der Waals surface area (Å²) >= 11 is 0. The van der Waals surface area contributed by atoms with Crippen LogP contribution in [0.25, 0.3) is 22.2 Å². The first-order valence-corrected chi connectivity index (χ1v) is 13.2. The number of alkyl halides is 1. The van der Waals surface area contributed by atoms with Crippen molar-refractivity contribution in [3.05, 3.63) is 46.4 Å². The van der Waals surface area contributed by atoms with Crippen molar-refractivity contribution < 1.29 is 26.4 Å². The van der Waals surface area contributed by atoms with Crippen LogP contribution >= 0.6 is 0 Å². The van der Waals surface area contributed by atoms with E-state index in [4.69, 9.17) is 0 Å². The van der Waals surface area contributed by atoms with Gasteiger partial charge in [-0.1, -0.05) is 0 Å². The number of likely N-dealkylation sites (tertiary alicyclic amines) is 1. The van der Waals surface area contributed by atoms with Crippen LogP contribution in [0.15, 0.2) is 29.2 Å². The zero-order valence-electron chi connectivity index (χ0n) is 20.4. The van der Waals surface area contributed by atoms with Gasteiger partial charge in [-0.2, -0.15) is 17.7 Å². The van der Waals surface area contributed by atoms with Crippen LogP contribution in [0.5, 0.6) is 0 Å². The van der Waals surface area contributed by atoms with Crippen molar-refractivity contribution in [2.75, 3.05) is 36.2 Å². The third-order valence-corrected chi connectivity index (χ3v) is 8.13. The lowest BCUT2D eigenvalue weighted by Crippen LogP contribution is -2.56. The summed E-state index contributed by atoms with van der Waals surface area (Å²) in [5.74, 6) is -2.19. The number of rotatable bonds is 6. The second kappa shape index (κ2) is 9.54. The molecule has 0 saturated carbocycles. The van der Waals surface area contributed by atoms with Crippen molar-refractivity contribution in [1.29, 1.82) is 0 Å². The molecule has 202 valence electrons. The molecular weight excluding hydrogens is 527 g/mol. The maximum atomic E-state index is 15.5. The number of carbonyl (C=O) groups is 1. The second-order valence-electron chi connectivity index (χ2n) is 9.30. The summed E-state index contributed by atoms with van der Waals surface area (Å²) in [6.45, 7) is 1.99. The van der Waals surface area contributed by atoms with Crippen LogP contribution in [0.1, 0.15) is 13.3 Å². The van der Waals surface area contributed by atoms with Crippen molar-refractivity contribution in [2.45, 2.75) is 25.6 Å². The van der Waals surface area contributed by atoms with Gasteiger partial charge >= 0.3 is 10.2 Å². The largest absolute Gasteiger partial charge is 0.348 e. The number of nitrogens with one attached hydrogen (secondary N) is 2. The average molecular weight is 552 g/mol. The zero-order valence-corrected chi connectivity index (χ0v) is 21.2. The number of halogens is 3. The third-order valence-electron chi connectivity index (χ3n) is 6.64. The molecule has 0 unspecified atom stereocenters. The Balaban J connectivity index is 1.47. The Morgan fingerprint density at radius 3 is 2.58 bits per heavy atom.